The van der Waals surface area contributed by atoms with Gasteiger partial charge in [-0.2, -0.15) is 5.10 Å². The standard InChI is InChI=1S/C12H14ClN3O/c1-7-11(13)12(14)16(15-7)9-3-2-4-10-8(9)5-6-17-10/h5-6,9H,2-4,14H2,1H3. The summed E-state index contributed by atoms with van der Waals surface area (Å²) in [6, 6.07) is 2.16. The first-order valence-electron chi connectivity index (χ1n) is 5.75. The van der Waals surface area contributed by atoms with Gasteiger partial charge in [0.2, 0.25) is 0 Å². The summed E-state index contributed by atoms with van der Waals surface area (Å²) in [5.41, 5.74) is 7.96. The van der Waals surface area contributed by atoms with Crippen molar-refractivity contribution in [2.24, 2.45) is 0 Å². The summed E-state index contributed by atoms with van der Waals surface area (Å²) >= 11 is 6.09. The monoisotopic (exact) mass is 251 g/mol. The Bertz CT molecular complexity index is 558. The minimum atomic E-state index is 0.156. The molecule has 0 saturated carbocycles. The fourth-order valence-electron chi connectivity index (χ4n) is 2.50. The van der Waals surface area contributed by atoms with Gasteiger partial charge in [-0.05, 0) is 25.8 Å². The molecule has 1 unspecified atom stereocenters. The van der Waals surface area contributed by atoms with Crippen LogP contribution in [-0.4, -0.2) is 9.78 Å². The zero-order chi connectivity index (χ0) is 12.0. The summed E-state index contributed by atoms with van der Waals surface area (Å²) in [7, 11) is 0. The first-order valence-corrected chi connectivity index (χ1v) is 6.12. The third kappa shape index (κ3) is 1.55. The Morgan fingerprint density at radius 2 is 2.41 bits per heavy atom. The number of nitrogens with zero attached hydrogens (tertiary/aromatic N) is 2. The number of nitrogens with two attached hydrogens (primary N) is 1. The lowest BCUT2D eigenvalue weighted by Gasteiger charge is -2.22. The van der Waals surface area contributed by atoms with Crippen LogP contribution in [0.1, 0.15) is 35.9 Å². The van der Waals surface area contributed by atoms with Crippen LogP contribution in [0, 0.1) is 6.92 Å². The number of anilines is 1. The minimum Gasteiger partial charge on any atom is -0.469 e. The van der Waals surface area contributed by atoms with Crippen LogP contribution in [-0.2, 0) is 6.42 Å². The third-order valence-electron chi connectivity index (χ3n) is 3.36. The van der Waals surface area contributed by atoms with Crippen molar-refractivity contribution >= 4 is 17.4 Å². The van der Waals surface area contributed by atoms with Gasteiger partial charge in [0.1, 0.15) is 16.6 Å². The molecule has 1 aliphatic carbocycles. The van der Waals surface area contributed by atoms with Crippen LogP contribution < -0.4 is 5.73 Å². The first kappa shape index (κ1) is 10.7. The van der Waals surface area contributed by atoms with Crippen LogP contribution in [0.15, 0.2) is 16.7 Å². The van der Waals surface area contributed by atoms with Crippen LogP contribution in [0.3, 0.4) is 0 Å². The number of furan rings is 1. The average Bonchev–Trinajstić information content (AvgIpc) is 2.89. The van der Waals surface area contributed by atoms with Crippen molar-refractivity contribution in [3.8, 4) is 0 Å². The van der Waals surface area contributed by atoms with E-state index in [-0.39, 0.29) is 6.04 Å². The van der Waals surface area contributed by atoms with Gasteiger partial charge in [0.05, 0.1) is 18.0 Å². The largest absolute Gasteiger partial charge is 0.469 e. The second-order valence-corrected chi connectivity index (χ2v) is 4.81. The van der Waals surface area contributed by atoms with Crippen LogP contribution in [0.25, 0.3) is 0 Å². The van der Waals surface area contributed by atoms with E-state index in [0.29, 0.717) is 10.8 Å². The van der Waals surface area contributed by atoms with E-state index in [4.69, 9.17) is 21.8 Å². The predicted molar refractivity (Wildman–Crippen MR) is 66.2 cm³/mol. The molecule has 0 fully saturated rings. The molecule has 1 atom stereocenters. The maximum Gasteiger partial charge on any atom is 0.141 e. The summed E-state index contributed by atoms with van der Waals surface area (Å²) in [5.74, 6) is 1.59. The number of rotatable bonds is 1. The van der Waals surface area contributed by atoms with Crippen molar-refractivity contribution in [1.82, 2.24) is 9.78 Å². The Morgan fingerprint density at radius 1 is 1.59 bits per heavy atom. The SMILES string of the molecule is Cc1nn(C2CCCc3occc32)c(N)c1Cl. The summed E-state index contributed by atoms with van der Waals surface area (Å²) in [4.78, 5) is 0. The molecule has 0 aliphatic heterocycles. The van der Waals surface area contributed by atoms with Gasteiger partial charge in [-0.3, -0.25) is 0 Å². The van der Waals surface area contributed by atoms with Crippen LogP contribution in [0.2, 0.25) is 5.02 Å². The number of fused-ring (bicyclic) bond motifs is 1. The molecule has 17 heavy (non-hydrogen) atoms. The van der Waals surface area contributed by atoms with Crippen molar-refractivity contribution in [3.05, 3.63) is 34.4 Å². The summed E-state index contributed by atoms with van der Waals surface area (Å²) < 4.78 is 7.29. The van der Waals surface area contributed by atoms with Crippen LogP contribution >= 0.6 is 11.6 Å². The van der Waals surface area contributed by atoms with Crippen molar-refractivity contribution < 1.29 is 4.42 Å². The molecule has 2 aromatic rings. The zero-order valence-corrected chi connectivity index (χ0v) is 10.4. The molecule has 4 nitrogen and oxygen atoms in total. The topological polar surface area (TPSA) is 57.0 Å². The highest BCUT2D eigenvalue weighted by Gasteiger charge is 2.27. The molecule has 0 aromatic carbocycles. The third-order valence-corrected chi connectivity index (χ3v) is 3.83. The first-order chi connectivity index (χ1) is 8.18. The molecule has 0 amide bonds. The molecule has 2 aromatic heterocycles. The lowest BCUT2D eigenvalue weighted by atomic mass is 9.93. The highest BCUT2D eigenvalue weighted by atomic mass is 35.5. The van der Waals surface area contributed by atoms with E-state index in [2.05, 4.69) is 5.10 Å². The molecule has 0 radical (unpaired) electrons. The molecule has 1 aliphatic rings. The molecule has 2 N–H and O–H groups in total. The molecule has 0 bridgehead atoms. The number of nitrogen functional groups attached to an aromatic ring is 1. The fourth-order valence-corrected chi connectivity index (χ4v) is 2.62. The summed E-state index contributed by atoms with van der Waals surface area (Å²) in [6.45, 7) is 1.87. The smallest absolute Gasteiger partial charge is 0.141 e. The van der Waals surface area contributed by atoms with Gasteiger partial charge in [-0.25, -0.2) is 4.68 Å². The number of halogens is 1. The van der Waals surface area contributed by atoms with Gasteiger partial charge in [0.15, 0.2) is 0 Å². The van der Waals surface area contributed by atoms with Crippen molar-refractivity contribution in [2.45, 2.75) is 32.2 Å². The lowest BCUT2D eigenvalue weighted by molar-refractivity contribution is 0.408. The van der Waals surface area contributed by atoms with Gasteiger partial charge in [-0.15, -0.1) is 0 Å². The summed E-state index contributed by atoms with van der Waals surface area (Å²) in [6.07, 6.45) is 4.83. The van der Waals surface area contributed by atoms with E-state index in [0.717, 1.165) is 30.7 Å². The number of hydrogen-bond acceptors (Lipinski definition) is 3. The normalized spacial score (nSPS) is 19.3. The second-order valence-electron chi connectivity index (χ2n) is 4.44. The highest BCUT2D eigenvalue weighted by molar-refractivity contribution is 6.33. The average molecular weight is 252 g/mol. The van der Waals surface area contributed by atoms with E-state index in [1.54, 1.807) is 6.26 Å². The molecular formula is C12H14ClN3O. The Balaban J connectivity index is 2.09. The molecule has 2 heterocycles. The highest BCUT2D eigenvalue weighted by Crippen LogP contribution is 2.36. The van der Waals surface area contributed by atoms with Gasteiger partial charge in [0, 0.05) is 12.0 Å². The second kappa shape index (κ2) is 3.81. The minimum absolute atomic E-state index is 0.156. The van der Waals surface area contributed by atoms with E-state index in [1.807, 2.05) is 17.7 Å². The molecule has 3 rings (SSSR count). The molecule has 0 spiro atoms. The van der Waals surface area contributed by atoms with E-state index >= 15 is 0 Å². The maximum absolute atomic E-state index is 6.09. The van der Waals surface area contributed by atoms with Gasteiger partial charge < -0.3 is 10.2 Å². The quantitative estimate of drug-likeness (QED) is 0.848. The van der Waals surface area contributed by atoms with Gasteiger partial charge in [-0.1, -0.05) is 11.6 Å². The Morgan fingerprint density at radius 3 is 3.12 bits per heavy atom. The Kier molecular flexibility index (Phi) is 2.40. The van der Waals surface area contributed by atoms with E-state index < -0.39 is 0 Å². The van der Waals surface area contributed by atoms with E-state index in [9.17, 15) is 0 Å². The van der Waals surface area contributed by atoms with Crippen molar-refractivity contribution in [3.63, 3.8) is 0 Å². The summed E-state index contributed by atoms with van der Waals surface area (Å²) in [5, 5.41) is 4.99. The molecule has 5 heteroatoms. The van der Waals surface area contributed by atoms with Crippen LogP contribution in [0.4, 0.5) is 5.82 Å². The predicted octanol–water partition coefficient (Wildman–Crippen LogP) is 2.95. The molecule has 0 saturated heterocycles. The van der Waals surface area contributed by atoms with Gasteiger partial charge in [0.25, 0.3) is 0 Å². The zero-order valence-electron chi connectivity index (χ0n) is 9.61. The number of hydrogen-bond donors (Lipinski definition) is 1. The lowest BCUT2D eigenvalue weighted by Crippen LogP contribution is -2.18. The van der Waals surface area contributed by atoms with Crippen molar-refractivity contribution in [2.75, 3.05) is 5.73 Å². The van der Waals surface area contributed by atoms with E-state index in [1.165, 1.54) is 5.56 Å². The number of aryl methyl sites for hydroxylation is 2. The maximum atomic E-state index is 6.09. The fraction of sp³-hybridized carbons (Fsp3) is 0.417. The van der Waals surface area contributed by atoms with Crippen LogP contribution in [0.5, 0.6) is 0 Å². The Labute approximate surface area is 104 Å². The van der Waals surface area contributed by atoms with Gasteiger partial charge >= 0.3 is 0 Å². The Hall–Kier alpha value is -1.42. The van der Waals surface area contributed by atoms with Crippen molar-refractivity contribution in [1.29, 1.82) is 0 Å². The molecule has 90 valence electrons. The molecular weight excluding hydrogens is 238 g/mol. The number of aromatic nitrogens is 2.